The predicted octanol–water partition coefficient (Wildman–Crippen LogP) is 1.81. The van der Waals surface area contributed by atoms with Gasteiger partial charge in [-0.15, -0.1) is 0 Å². The Kier molecular flexibility index (Phi) is 2.97. The number of aromatic nitrogens is 1. The van der Waals surface area contributed by atoms with Gasteiger partial charge in [0.25, 0.3) is 0 Å². The van der Waals surface area contributed by atoms with Crippen molar-refractivity contribution in [3.63, 3.8) is 0 Å². The van der Waals surface area contributed by atoms with Crippen molar-refractivity contribution in [3.8, 4) is 6.07 Å². The summed E-state index contributed by atoms with van der Waals surface area (Å²) in [7, 11) is 0. The monoisotopic (exact) mass is 282 g/mol. The van der Waals surface area contributed by atoms with Gasteiger partial charge in [-0.2, -0.15) is 0 Å². The third-order valence-electron chi connectivity index (χ3n) is 2.00. The topological polar surface area (TPSA) is 36.7 Å². The molecule has 0 radical (unpaired) electrons. The van der Waals surface area contributed by atoms with Crippen LogP contribution in [0.2, 0.25) is 14.8 Å². The summed E-state index contributed by atoms with van der Waals surface area (Å²) in [6.45, 7) is 1.97. The number of pyridine rings is 1. The van der Waals surface area contributed by atoms with Crippen LogP contribution >= 0.6 is 0 Å². The fourth-order valence-corrected chi connectivity index (χ4v) is 4.23. The Hall–Kier alpha value is -0.561. The summed E-state index contributed by atoms with van der Waals surface area (Å²) < 4.78 is 1.24. The van der Waals surface area contributed by atoms with E-state index in [9.17, 15) is 0 Å². The molecular weight excluding hydrogens is 267 g/mol. The second-order valence-electron chi connectivity index (χ2n) is 4.25. The van der Waals surface area contributed by atoms with E-state index in [0.717, 1.165) is 5.56 Å². The molecule has 0 spiro atoms. The van der Waals surface area contributed by atoms with Crippen LogP contribution in [0.4, 0.5) is 0 Å². The van der Waals surface area contributed by atoms with E-state index in [2.05, 4.69) is 31.9 Å². The summed E-state index contributed by atoms with van der Waals surface area (Å²) in [5.41, 5.74) is 1.75. The molecule has 3 heteroatoms. The number of nitrogens with zero attached hydrogens (tertiary/aromatic N) is 2. The van der Waals surface area contributed by atoms with Gasteiger partial charge in [0, 0.05) is 0 Å². The van der Waals surface area contributed by atoms with Crippen LogP contribution in [0.15, 0.2) is 12.3 Å². The molecule has 1 aromatic heterocycles. The van der Waals surface area contributed by atoms with E-state index in [-0.39, 0.29) is 0 Å². The Morgan fingerprint density at radius 1 is 1.38 bits per heavy atom. The van der Waals surface area contributed by atoms with Crippen LogP contribution in [0, 0.1) is 18.3 Å². The van der Waals surface area contributed by atoms with Crippen molar-refractivity contribution in [2.75, 3.05) is 0 Å². The van der Waals surface area contributed by atoms with Crippen LogP contribution in [0.5, 0.6) is 0 Å². The number of hydrogen-bond acceptors (Lipinski definition) is 2. The standard InChI is InChI=1S/C7H5N2.3CH3.Sn/c1-6-2-3-9-5-7(6)4-8;;;;/h2,5H,1H3;3*1H3;. The van der Waals surface area contributed by atoms with Gasteiger partial charge >= 0.3 is 83.5 Å². The van der Waals surface area contributed by atoms with Gasteiger partial charge < -0.3 is 0 Å². The van der Waals surface area contributed by atoms with Crippen LogP contribution in [0.3, 0.4) is 0 Å². The van der Waals surface area contributed by atoms with Gasteiger partial charge in [-0.05, 0) is 0 Å². The zero-order valence-electron chi connectivity index (χ0n) is 8.55. The van der Waals surface area contributed by atoms with Crippen molar-refractivity contribution >= 4 is 22.1 Å². The molecule has 0 fully saturated rings. The summed E-state index contributed by atoms with van der Waals surface area (Å²) in [5, 5.41) is 8.74. The van der Waals surface area contributed by atoms with E-state index in [1.54, 1.807) is 6.20 Å². The van der Waals surface area contributed by atoms with E-state index in [1.165, 1.54) is 3.71 Å². The van der Waals surface area contributed by atoms with Gasteiger partial charge in [0.1, 0.15) is 0 Å². The summed E-state index contributed by atoms with van der Waals surface area (Å²) in [4.78, 5) is 11.3. The predicted molar refractivity (Wildman–Crippen MR) is 56.7 cm³/mol. The Morgan fingerprint density at radius 3 is 2.38 bits per heavy atom. The molecule has 0 N–H and O–H groups in total. The van der Waals surface area contributed by atoms with Crippen LogP contribution in [-0.2, 0) is 0 Å². The van der Waals surface area contributed by atoms with E-state index in [1.807, 2.05) is 6.92 Å². The Morgan fingerprint density at radius 2 is 2.00 bits per heavy atom. The van der Waals surface area contributed by atoms with Gasteiger partial charge in [-0.1, -0.05) is 0 Å². The molecule has 0 aliphatic rings. The normalized spacial score (nSPS) is 11.0. The van der Waals surface area contributed by atoms with Gasteiger partial charge in [-0.25, -0.2) is 0 Å². The molecule has 0 aliphatic carbocycles. The zero-order valence-corrected chi connectivity index (χ0v) is 11.4. The van der Waals surface area contributed by atoms with E-state index in [0.29, 0.717) is 5.56 Å². The van der Waals surface area contributed by atoms with Crippen LogP contribution in [0.1, 0.15) is 11.1 Å². The van der Waals surface area contributed by atoms with Crippen molar-refractivity contribution in [1.82, 2.24) is 4.98 Å². The molecule has 2 nitrogen and oxygen atoms in total. The van der Waals surface area contributed by atoms with E-state index >= 15 is 0 Å². The molecule has 13 heavy (non-hydrogen) atoms. The fourth-order valence-electron chi connectivity index (χ4n) is 1.08. The SMILES string of the molecule is Cc1c[c]([Sn]([CH3])([CH3])[CH3])ncc1C#N. The first-order valence-corrected chi connectivity index (χ1v) is 14.3. The third-order valence-corrected chi connectivity index (χ3v) is 7.17. The first-order chi connectivity index (χ1) is 5.95. The van der Waals surface area contributed by atoms with Crippen molar-refractivity contribution in [2.45, 2.75) is 21.7 Å². The van der Waals surface area contributed by atoms with Crippen LogP contribution in [0.25, 0.3) is 0 Å². The minimum atomic E-state index is -2.03. The molecule has 1 aromatic rings. The van der Waals surface area contributed by atoms with E-state index < -0.39 is 18.4 Å². The molecule has 68 valence electrons. The first kappa shape index (κ1) is 10.5. The van der Waals surface area contributed by atoms with Crippen molar-refractivity contribution in [3.05, 3.63) is 23.4 Å². The quantitative estimate of drug-likeness (QED) is 0.736. The Labute approximate surface area is 83.5 Å². The molecule has 0 atom stereocenters. The van der Waals surface area contributed by atoms with Crippen molar-refractivity contribution in [2.24, 2.45) is 0 Å². The van der Waals surface area contributed by atoms with Crippen molar-refractivity contribution < 1.29 is 0 Å². The number of hydrogen-bond donors (Lipinski definition) is 0. The zero-order chi connectivity index (χ0) is 10.1. The molecule has 1 rings (SSSR count). The van der Waals surface area contributed by atoms with E-state index in [4.69, 9.17) is 5.26 Å². The number of nitriles is 1. The summed E-state index contributed by atoms with van der Waals surface area (Å²) in [5.74, 6) is 0. The van der Waals surface area contributed by atoms with Gasteiger partial charge in [0.05, 0.1) is 0 Å². The molecule has 0 aromatic carbocycles. The number of rotatable bonds is 1. The average molecular weight is 281 g/mol. The van der Waals surface area contributed by atoms with Gasteiger partial charge in [-0.3, -0.25) is 0 Å². The molecule has 0 saturated heterocycles. The molecule has 0 aliphatic heterocycles. The molecule has 0 saturated carbocycles. The maximum atomic E-state index is 8.74. The minimum absolute atomic E-state index is 0.694. The van der Waals surface area contributed by atoms with Gasteiger partial charge in [0.15, 0.2) is 0 Å². The summed E-state index contributed by atoms with van der Waals surface area (Å²) >= 11 is -2.03. The summed E-state index contributed by atoms with van der Waals surface area (Å²) in [6.07, 6.45) is 1.70. The average Bonchev–Trinajstić information content (AvgIpc) is 2.02. The van der Waals surface area contributed by atoms with Crippen molar-refractivity contribution in [1.29, 1.82) is 5.26 Å². The molecule has 0 amide bonds. The molecule has 1 heterocycles. The second kappa shape index (κ2) is 3.67. The Balaban J connectivity index is 3.20. The van der Waals surface area contributed by atoms with Crippen LogP contribution in [-0.4, -0.2) is 23.4 Å². The molecule has 0 unspecified atom stereocenters. The maximum absolute atomic E-state index is 8.74. The third kappa shape index (κ3) is 2.44. The fraction of sp³-hybridized carbons (Fsp3) is 0.400. The second-order valence-corrected chi connectivity index (χ2v) is 18.6. The molecule has 0 bridgehead atoms. The first-order valence-electron chi connectivity index (χ1n) is 4.32. The van der Waals surface area contributed by atoms with Crippen LogP contribution < -0.4 is 3.71 Å². The Bertz CT molecular complexity index is 358. The summed E-state index contributed by atoms with van der Waals surface area (Å²) in [6, 6.07) is 4.21. The number of aryl methyl sites for hydroxylation is 1. The van der Waals surface area contributed by atoms with Gasteiger partial charge in [0.2, 0.25) is 0 Å². The molecular formula is C10H14N2Sn.